The highest BCUT2D eigenvalue weighted by Gasteiger charge is 2.44. The van der Waals surface area contributed by atoms with Gasteiger partial charge in [-0.3, -0.25) is 14.5 Å². The van der Waals surface area contributed by atoms with Crippen LogP contribution in [0.5, 0.6) is 5.75 Å². The zero-order valence-electron chi connectivity index (χ0n) is 18.2. The van der Waals surface area contributed by atoms with E-state index in [1.54, 1.807) is 11.0 Å². The molecular formula is C24H28N2O6. The third-order valence-electron chi connectivity index (χ3n) is 5.70. The smallest absolute Gasteiger partial charge is 0.290 e. The van der Waals surface area contributed by atoms with Crippen molar-refractivity contribution in [1.29, 1.82) is 0 Å². The first kappa shape index (κ1) is 22.1. The summed E-state index contributed by atoms with van der Waals surface area (Å²) in [7, 11) is 0. The van der Waals surface area contributed by atoms with E-state index in [9.17, 15) is 14.7 Å². The second-order valence-electron chi connectivity index (χ2n) is 7.84. The van der Waals surface area contributed by atoms with Gasteiger partial charge in [-0.2, -0.15) is 0 Å². The van der Waals surface area contributed by atoms with Crippen LogP contribution >= 0.6 is 0 Å². The molecule has 1 saturated heterocycles. The minimum Gasteiger partial charge on any atom is -0.503 e. The standard InChI is InChI=1S/C24H28N2O6/c1-2-12-31-18-6-3-5-17(16-18)21-20(22(27)19-7-4-13-32-19)23(28)24(29)26(21)9-8-25-10-14-30-15-11-25/h3-7,13,16,21,28H,2,8-12,14-15H2,1H3/t21-/m0/s1. The van der Waals surface area contributed by atoms with Gasteiger partial charge in [0.1, 0.15) is 5.75 Å². The summed E-state index contributed by atoms with van der Waals surface area (Å²) in [6.45, 7) is 6.44. The largest absolute Gasteiger partial charge is 0.503 e. The highest BCUT2D eigenvalue weighted by Crippen LogP contribution is 2.39. The molecule has 1 amide bonds. The van der Waals surface area contributed by atoms with Gasteiger partial charge in [-0.25, -0.2) is 0 Å². The average Bonchev–Trinajstić information content (AvgIpc) is 3.44. The van der Waals surface area contributed by atoms with E-state index in [2.05, 4.69) is 4.90 Å². The number of benzene rings is 1. The molecule has 0 aliphatic carbocycles. The van der Waals surface area contributed by atoms with Gasteiger partial charge in [0.15, 0.2) is 11.5 Å². The van der Waals surface area contributed by atoms with Crippen LogP contribution in [0.15, 0.2) is 58.4 Å². The molecule has 32 heavy (non-hydrogen) atoms. The lowest BCUT2D eigenvalue weighted by Gasteiger charge is -2.31. The Balaban J connectivity index is 1.66. The van der Waals surface area contributed by atoms with E-state index in [0.29, 0.717) is 44.2 Å². The molecule has 1 atom stereocenters. The summed E-state index contributed by atoms with van der Waals surface area (Å²) in [6, 6.07) is 9.73. The first-order chi connectivity index (χ1) is 15.6. The van der Waals surface area contributed by atoms with Crippen LogP contribution in [0.3, 0.4) is 0 Å². The van der Waals surface area contributed by atoms with Gasteiger partial charge in [0, 0.05) is 26.2 Å². The molecule has 8 heteroatoms. The molecule has 170 valence electrons. The van der Waals surface area contributed by atoms with Gasteiger partial charge >= 0.3 is 0 Å². The Morgan fingerprint density at radius 1 is 1.19 bits per heavy atom. The van der Waals surface area contributed by atoms with E-state index < -0.39 is 23.5 Å². The van der Waals surface area contributed by atoms with Gasteiger partial charge < -0.3 is 23.9 Å². The zero-order chi connectivity index (χ0) is 22.5. The van der Waals surface area contributed by atoms with Crippen LogP contribution in [-0.2, 0) is 9.53 Å². The summed E-state index contributed by atoms with van der Waals surface area (Å²) in [5.41, 5.74) is 0.729. The molecule has 1 aromatic heterocycles. The average molecular weight is 440 g/mol. The molecule has 1 fully saturated rings. The quantitative estimate of drug-likeness (QED) is 0.599. The number of amides is 1. The summed E-state index contributed by atoms with van der Waals surface area (Å²) in [5.74, 6) is -0.852. The molecule has 2 aliphatic rings. The van der Waals surface area contributed by atoms with E-state index in [1.165, 1.54) is 12.3 Å². The Hall–Kier alpha value is -3.10. The molecule has 0 saturated carbocycles. The fourth-order valence-corrected chi connectivity index (χ4v) is 4.07. The highest BCUT2D eigenvalue weighted by atomic mass is 16.5. The van der Waals surface area contributed by atoms with Crippen molar-refractivity contribution in [2.75, 3.05) is 46.0 Å². The molecule has 0 bridgehead atoms. The number of ether oxygens (including phenoxy) is 2. The van der Waals surface area contributed by atoms with Gasteiger partial charge in [0.2, 0.25) is 5.78 Å². The highest BCUT2D eigenvalue weighted by molar-refractivity contribution is 6.15. The maximum absolute atomic E-state index is 13.2. The van der Waals surface area contributed by atoms with Crippen LogP contribution in [-0.4, -0.2) is 72.6 Å². The van der Waals surface area contributed by atoms with Gasteiger partial charge in [-0.15, -0.1) is 0 Å². The van der Waals surface area contributed by atoms with E-state index in [-0.39, 0.29) is 11.3 Å². The van der Waals surface area contributed by atoms with Crippen LogP contribution in [0, 0.1) is 0 Å². The summed E-state index contributed by atoms with van der Waals surface area (Å²) >= 11 is 0. The lowest BCUT2D eigenvalue weighted by Crippen LogP contribution is -2.43. The Labute approximate surface area is 187 Å². The van der Waals surface area contributed by atoms with Gasteiger partial charge in [0.05, 0.1) is 37.7 Å². The number of carbonyl (C=O) groups is 2. The molecule has 8 nitrogen and oxygen atoms in total. The molecule has 3 heterocycles. The Morgan fingerprint density at radius 3 is 2.72 bits per heavy atom. The Morgan fingerprint density at radius 2 is 2.00 bits per heavy atom. The summed E-state index contributed by atoms with van der Waals surface area (Å²) in [6.07, 6.45) is 2.26. The maximum Gasteiger partial charge on any atom is 0.290 e. The van der Waals surface area contributed by atoms with E-state index in [0.717, 1.165) is 19.5 Å². The van der Waals surface area contributed by atoms with Crippen molar-refractivity contribution in [3.63, 3.8) is 0 Å². The van der Waals surface area contributed by atoms with Crippen LogP contribution < -0.4 is 4.74 Å². The number of aliphatic hydroxyl groups excluding tert-OH is 1. The molecule has 0 spiro atoms. The van der Waals surface area contributed by atoms with Crippen molar-refractivity contribution in [1.82, 2.24) is 9.80 Å². The number of ketones is 1. The molecule has 0 unspecified atom stereocenters. The third-order valence-corrected chi connectivity index (χ3v) is 5.70. The lowest BCUT2D eigenvalue weighted by atomic mass is 9.95. The van der Waals surface area contributed by atoms with Crippen LogP contribution in [0.4, 0.5) is 0 Å². The number of rotatable bonds is 9. The first-order valence-corrected chi connectivity index (χ1v) is 10.9. The van der Waals surface area contributed by atoms with Crippen LogP contribution in [0.25, 0.3) is 0 Å². The number of Topliss-reactive ketones (excluding diaryl/α,β-unsaturated/α-hetero) is 1. The fourth-order valence-electron chi connectivity index (χ4n) is 4.07. The van der Waals surface area contributed by atoms with Crippen LogP contribution in [0.2, 0.25) is 0 Å². The van der Waals surface area contributed by atoms with Crippen molar-refractivity contribution in [2.24, 2.45) is 0 Å². The van der Waals surface area contributed by atoms with Gasteiger partial charge in [-0.05, 0) is 36.2 Å². The normalized spacial score (nSPS) is 19.6. The SMILES string of the molecule is CCCOc1cccc([C@H]2C(C(=O)c3ccco3)=C(O)C(=O)N2CCN2CCOCC2)c1. The number of furan rings is 1. The second-order valence-corrected chi connectivity index (χ2v) is 7.84. The lowest BCUT2D eigenvalue weighted by molar-refractivity contribution is -0.129. The first-order valence-electron chi connectivity index (χ1n) is 10.9. The third kappa shape index (κ3) is 4.56. The predicted octanol–water partition coefficient (Wildman–Crippen LogP) is 2.98. The van der Waals surface area contributed by atoms with Crippen molar-refractivity contribution >= 4 is 11.7 Å². The van der Waals surface area contributed by atoms with E-state index in [4.69, 9.17) is 13.9 Å². The Bertz CT molecular complexity index is 978. The van der Waals surface area contributed by atoms with Crippen molar-refractivity contribution < 1.29 is 28.6 Å². The fraction of sp³-hybridized carbons (Fsp3) is 0.417. The Kier molecular flexibility index (Phi) is 6.92. The molecular weight excluding hydrogens is 412 g/mol. The van der Waals surface area contributed by atoms with Crippen molar-refractivity contribution in [3.8, 4) is 5.75 Å². The number of nitrogens with zero attached hydrogens (tertiary/aromatic N) is 2. The number of hydrogen-bond donors (Lipinski definition) is 1. The van der Waals surface area contributed by atoms with Gasteiger partial charge in [-0.1, -0.05) is 19.1 Å². The monoisotopic (exact) mass is 440 g/mol. The predicted molar refractivity (Wildman–Crippen MR) is 117 cm³/mol. The maximum atomic E-state index is 13.2. The molecule has 2 aliphatic heterocycles. The number of carbonyl (C=O) groups excluding carboxylic acids is 2. The zero-order valence-corrected chi connectivity index (χ0v) is 18.2. The molecule has 1 aromatic carbocycles. The number of aliphatic hydroxyl groups is 1. The van der Waals surface area contributed by atoms with E-state index in [1.807, 2.05) is 31.2 Å². The number of morpholine rings is 1. The summed E-state index contributed by atoms with van der Waals surface area (Å²) in [5, 5.41) is 10.7. The minimum absolute atomic E-state index is 0.0274. The molecule has 4 rings (SSSR count). The van der Waals surface area contributed by atoms with Gasteiger partial charge in [0.25, 0.3) is 5.91 Å². The second kappa shape index (κ2) is 10.0. The molecule has 1 N–H and O–H groups in total. The topological polar surface area (TPSA) is 92.5 Å². The number of hydrogen-bond acceptors (Lipinski definition) is 7. The minimum atomic E-state index is -0.730. The van der Waals surface area contributed by atoms with Crippen molar-refractivity contribution in [2.45, 2.75) is 19.4 Å². The van der Waals surface area contributed by atoms with E-state index >= 15 is 0 Å². The summed E-state index contributed by atoms with van der Waals surface area (Å²) < 4.78 is 16.4. The van der Waals surface area contributed by atoms with Crippen LogP contribution in [0.1, 0.15) is 35.5 Å². The summed E-state index contributed by atoms with van der Waals surface area (Å²) in [4.78, 5) is 30.0. The van der Waals surface area contributed by atoms with Crippen molar-refractivity contribution in [3.05, 3.63) is 65.3 Å². The molecule has 2 aromatic rings. The molecule has 0 radical (unpaired) electrons.